The highest BCUT2D eigenvalue weighted by atomic mass is 16.5. The van der Waals surface area contributed by atoms with Crippen molar-refractivity contribution in [3.8, 4) is 0 Å². The molecule has 1 amide bonds. The number of hydrogen-bond acceptors (Lipinski definition) is 3. The third-order valence-corrected chi connectivity index (χ3v) is 2.28. The van der Waals surface area contributed by atoms with Crippen molar-refractivity contribution in [2.45, 2.75) is 6.92 Å². The summed E-state index contributed by atoms with van der Waals surface area (Å²) in [7, 11) is 1.83. The second-order valence-corrected chi connectivity index (χ2v) is 3.31. The first-order chi connectivity index (χ1) is 6.25. The topological polar surface area (TPSA) is 41.6 Å². The summed E-state index contributed by atoms with van der Waals surface area (Å²) in [4.78, 5) is 13.3. The third kappa shape index (κ3) is 2.97. The smallest absolute Gasteiger partial charge is 0.228 e. The van der Waals surface area contributed by atoms with Gasteiger partial charge in [-0.2, -0.15) is 0 Å². The molecule has 0 spiro atoms. The van der Waals surface area contributed by atoms with Crippen LogP contribution in [-0.2, 0) is 9.53 Å². The minimum absolute atomic E-state index is 0.201. The van der Waals surface area contributed by atoms with Crippen molar-refractivity contribution in [3.05, 3.63) is 0 Å². The molecule has 1 aliphatic rings. The van der Waals surface area contributed by atoms with E-state index in [-0.39, 0.29) is 11.8 Å². The van der Waals surface area contributed by atoms with Gasteiger partial charge in [0.2, 0.25) is 5.91 Å². The Kier molecular flexibility index (Phi) is 4.18. The number of ether oxygens (including phenoxy) is 1. The van der Waals surface area contributed by atoms with Gasteiger partial charge < -0.3 is 15.0 Å². The van der Waals surface area contributed by atoms with Gasteiger partial charge in [-0.05, 0) is 6.92 Å². The largest absolute Gasteiger partial charge is 0.380 e. The second kappa shape index (κ2) is 5.19. The van der Waals surface area contributed by atoms with E-state index >= 15 is 0 Å². The van der Waals surface area contributed by atoms with Crippen molar-refractivity contribution in [2.75, 3.05) is 39.9 Å². The molecule has 1 saturated heterocycles. The zero-order chi connectivity index (χ0) is 9.68. The number of rotatable bonds is 5. The molecule has 1 heterocycles. The molecule has 4 heteroatoms. The molecule has 1 fully saturated rings. The fourth-order valence-corrected chi connectivity index (χ4v) is 1.23. The maximum absolute atomic E-state index is 11.5. The lowest BCUT2D eigenvalue weighted by Gasteiger charge is -2.30. The molecule has 0 saturated carbocycles. The molecule has 13 heavy (non-hydrogen) atoms. The van der Waals surface area contributed by atoms with Crippen LogP contribution in [0.3, 0.4) is 0 Å². The lowest BCUT2D eigenvalue weighted by atomic mass is 10.0. The fraction of sp³-hybridized carbons (Fsp3) is 0.889. The lowest BCUT2D eigenvalue weighted by molar-refractivity contribution is -0.136. The zero-order valence-electron chi connectivity index (χ0n) is 8.38. The van der Waals surface area contributed by atoms with Gasteiger partial charge in [0, 0.05) is 33.3 Å². The van der Waals surface area contributed by atoms with Gasteiger partial charge in [0.25, 0.3) is 0 Å². The van der Waals surface area contributed by atoms with E-state index in [0.717, 1.165) is 13.1 Å². The molecule has 0 aromatic heterocycles. The van der Waals surface area contributed by atoms with Crippen molar-refractivity contribution in [2.24, 2.45) is 5.92 Å². The highest BCUT2D eigenvalue weighted by molar-refractivity contribution is 5.79. The minimum Gasteiger partial charge on any atom is -0.380 e. The van der Waals surface area contributed by atoms with Crippen LogP contribution in [0, 0.1) is 5.92 Å². The third-order valence-electron chi connectivity index (χ3n) is 2.28. The molecular weight excluding hydrogens is 168 g/mol. The summed E-state index contributed by atoms with van der Waals surface area (Å²) in [5.74, 6) is 0.435. The summed E-state index contributed by atoms with van der Waals surface area (Å²) in [5, 5.41) is 3.09. The average molecular weight is 186 g/mol. The minimum atomic E-state index is 0.201. The van der Waals surface area contributed by atoms with Crippen LogP contribution in [0.4, 0.5) is 0 Å². The number of likely N-dealkylation sites (N-methyl/N-ethyl adjacent to an activating group) is 1. The summed E-state index contributed by atoms with van der Waals surface area (Å²) >= 11 is 0. The van der Waals surface area contributed by atoms with Crippen LogP contribution in [0.2, 0.25) is 0 Å². The van der Waals surface area contributed by atoms with Crippen LogP contribution >= 0.6 is 0 Å². The summed E-state index contributed by atoms with van der Waals surface area (Å²) in [6.07, 6.45) is 0. The van der Waals surface area contributed by atoms with Crippen LogP contribution in [0.5, 0.6) is 0 Å². The van der Waals surface area contributed by atoms with Crippen LogP contribution in [0.25, 0.3) is 0 Å². The number of amides is 1. The predicted octanol–water partition coefficient (Wildman–Crippen LogP) is -0.299. The number of carbonyl (C=O) groups excluding carboxylic acids is 1. The summed E-state index contributed by atoms with van der Waals surface area (Å²) in [6, 6.07) is 0. The Morgan fingerprint density at radius 1 is 1.62 bits per heavy atom. The number of hydrogen-bond donors (Lipinski definition) is 1. The Balaban J connectivity index is 2.13. The molecule has 0 radical (unpaired) electrons. The lowest BCUT2D eigenvalue weighted by Crippen LogP contribution is -2.51. The molecule has 1 N–H and O–H groups in total. The number of nitrogens with one attached hydrogen (secondary N) is 1. The van der Waals surface area contributed by atoms with Crippen LogP contribution in [0.1, 0.15) is 6.92 Å². The van der Waals surface area contributed by atoms with E-state index in [9.17, 15) is 4.79 Å². The van der Waals surface area contributed by atoms with E-state index in [0.29, 0.717) is 19.8 Å². The Morgan fingerprint density at radius 2 is 2.31 bits per heavy atom. The average Bonchev–Trinajstić information content (AvgIpc) is 2.01. The van der Waals surface area contributed by atoms with Gasteiger partial charge in [-0.1, -0.05) is 0 Å². The van der Waals surface area contributed by atoms with Gasteiger partial charge in [0.05, 0.1) is 12.5 Å². The molecule has 0 aromatic rings. The maximum atomic E-state index is 11.5. The Morgan fingerprint density at radius 3 is 2.77 bits per heavy atom. The summed E-state index contributed by atoms with van der Waals surface area (Å²) in [6.45, 7) is 5.67. The first-order valence-corrected chi connectivity index (χ1v) is 4.79. The highest BCUT2D eigenvalue weighted by Gasteiger charge is 2.27. The van der Waals surface area contributed by atoms with Crippen molar-refractivity contribution in [3.63, 3.8) is 0 Å². The molecule has 0 bridgehead atoms. The van der Waals surface area contributed by atoms with Crippen molar-refractivity contribution < 1.29 is 9.53 Å². The van der Waals surface area contributed by atoms with Crippen molar-refractivity contribution in [1.82, 2.24) is 10.2 Å². The highest BCUT2D eigenvalue weighted by Crippen LogP contribution is 2.06. The van der Waals surface area contributed by atoms with Gasteiger partial charge in [0.15, 0.2) is 0 Å². The van der Waals surface area contributed by atoms with Gasteiger partial charge in [-0.3, -0.25) is 4.79 Å². The predicted molar refractivity (Wildman–Crippen MR) is 50.5 cm³/mol. The molecule has 0 aliphatic carbocycles. The number of carbonyl (C=O) groups is 1. The maximum Gasteiger partial charge on any atom is 0.228 e. The van der Waals surface area contributed by atoms with Gasteiger partial charge in [-0.15, -0.1) is 0 Å². The second-order valence-electron chi connectivity index (χ2n) is 3.31. The normalized spacial score (nSPS) is 16.8. The molecule has 1 aliphatic heterocycles. The molecule has 1 rings (SSSR count). The Bertz CT molecular complexity index is 169. The van der Waals surface area contributed by atoms with Gasteiger partial charge in [0.1, 0.15) is 0 Å². The van der Waals surface area contributed by atoms with E-state index in [1.807, 2.05) is 14.0 Å². The van der Waals surface area contributed by atoms with E-state index in [1.165, 1.54) is 0 Å². The monoisotopic (exact) mass is 186 g/mol. The van der Waals surface area contributed by atoms with Crippen LogP contribution in [-0.4, -0.2) is 50.7 Å². The van der Waals surface area contributed by atoms with Gasteiger partial charge in [-0.25, -0.2) is 0 Å². The standard InChI is InChI=1S/C9H18N2O2/c1-3-13-5-4-11(2)9(12)8-6-10-7-8/h8,10H,3-7H2,1-2H3. The Labute approximate surface area is 79.2 Å². The van der Waals surface area contributed by atoms with E-state index in [4.69, 9.17) is 4.74 Å². The van der Waals surface area contributed by atoms with E-state index < -0.39 is 0 Å². The van der Waals surface area contributed by atoms with E-state index in [2.05, 4.69) is 5.32 Å². The summed E-state index contributed by atoms with van der Waals surface area (Å²) in [5.41, 5.74) is 0. The number of nitrogens with zero attached hydrogens (tertiary/aromatic N) is 1. The molecule has 76 valence electrons. The van der Waals surface area contributed by atoms with Crippen LogP contribution < -0.4 is 5.32 Å². The molecule has 4 nitrogen and oxygen atoms in total. The molecule has 0 unspecified atom stereocenters. The first-order valence-electron chi connectivity index (χ1n) is 4.79. The van der Waals surface area contributed by atoms with Crippen molar-refractivity contribution in [1.29, 1.82) is 0 Å². The summed E-state index contributed by atoms with van der Waals surface area (Å²) < 4.78 is 5.18. The van der Waals surface area contributed by atoms with Crippen LogP contribution in [0.15, 0.2) is 0 Å². The molecular formula is C9H18N2O2. The quantitative estimate of drug-likeness (QED) is 0.599. The Hall–Kier alpha value is -0.610. The van der Waals surface area contributed by atoms with E-state index in [1.54, 1.807) is 4.90 Å². The fourth-order valence-electron chi connectivity index (χ4n) is 1.23. The van der Waals surface area contributed by atoms with Gasteiger partial charge >= 0.3 is 0 Å². The first kappa shape index (κ1) is 10.5. The zero-order valence-corrected chi connectivity index (χ0v) is 8.38. The molecule has 0 atom stereocenters. The van der Waals surface area contributed by atoms with Crippen molar-refractivity contribution >= 4 is 5.91 Å². The molecule has 0 aromatic carbocycles. The SMILES string of the molecule is CCOCCN(C)C(=O)C1CNC1.